The van der Waals surface area contributed by atoms with Crippen LogP contribution in [0.5, 0.6) is 5.75 Å². The maximum absolute atomic E-state index is 11.7. The largest absolute Gasteiger partial charge is 0.492 e. The number of benzene rings is 2. The maximum Gasteiger partial charge on any atom is 0.317 e. The molecule has 0 atom stereocenters. The highest BCUT2D eigenvalue weighted by atomic mass is 16.5. The van der Waals surface area contributed by atoms with Crippen molar-refractivity contribution in [1.29, 1.82) is 0 Å². The molecule has 0 saturated heterocycles. The molecule has 0 spiro atoms. The number of para-hydroxylation sites is 1. The van der Waals surface area contributed by atoms with Gasteiger partial charge in [0.25, 0.3) is 5.91 Å². The minimum Gasteiger partial charge on any atom is -0.492 e. The summed E-state index contributed by atoms with van der Waals surface area (Å²) in [5, 5.41) is 2.38. The Labute approximate surface area is 174 Å². The van der Waals surface area contributed by atoms with Gasteiger partial charge in [0.2, 0.25) is 0 Å². The van der Waals surface area contributed by atoms with Gasteiger partial charge in [0.15, 0.2) is 0 Å². The number of hydrogen-bond acceptors (Lipinski definition) is 4. The van der Waals surface area contributed by atoms with Gasteiger partial charge in [-0.25, -0.2) is 4.79 Å². The number of carbonyl (C=O) groups is 2. The minimum atomic E-state index is -0.795. The molecule has 8 nitrogen and oxygen atoms in total. The molecule has 0 aliphatic heterocycles. The van der Waals surface area contributed by atoms with Gasteiger partial charge < -0.3 is 21.2 Å². The Morgan fingerprint density at radius 2 is 1.77 bits per heavy atom. The minimum absolute atomic E-state index is 0.140. The van der Waals surface area contributed by atoms with Crippen LogP contribution in [0.25, 0.3) is 11.3 Å². The third kappa shape index (κ3) is 5.39. The Morgan fingerprint density at radius 3 is 2.47 bits per heavy atom. The SMILES string of the molecule is CN(CCOc1ccccc1-c1cc(C(N)=O)c(NC(N)=O)[nH]1)Cc1ccccc1. The molecule has 0 radical (unpaired) electrons. The number of anilines is 1. The van der Waals surface area contributed by atoms with Gasteiger partial charge in [-0.05, 0) is 30.8 Å². The average molecular weight is 407 g/mol. The molecular weight excluding hydrogens is 382 g/mol. The molecule has 0 saturated carbocycles. The molecular formula is C22H25N5O3. The molecule has 0 fully saturated rings. The number of urea groups is 1. The first-order chi connectivity index (χ1) is 14.4. The smallest absolute Gasteiger partial charge is 0.317 e. The molecule has 30 heavy (non-hydrogen) atoms. The van der Waals surface area contributed by atoms with Crippen LogP contribution in [-0.2, 0) is 6.54 Å². The Balaban J connectivity index is 1.70. The van der Waals surface area contributed by atoms with Crippen molar-refractivity contribution < 1.29 is 14.3 Å². The van der Waals surface area contributed by atoms with E-state index in [-0.39, 0.29) is 11.4 Å². The summed E-state index contributed by atoms with van der Waals surface area (Å²) in [5.41, 5.74) is 13.3. The molecule has 3 rings (SSSR count). The van der Waals surface area contributed by atoms with E-state index in [0.717, 1.165) is 18.7 Å². The first kappa shape index (κ1) is 20.9. The molecule has 6 N–H and O–H groups in total. The Bertz CT molecular complexity index is 1020. The summed E-state index contributed by atoms with van der Waals surface area (Å²) in [5.74, 6) is 0.123. The van der Waals surface area contributed by atoms with Gasteiger partial charge in [0, 0.05) is 18.7 Å². The van der Waals surface area contributed by atoms with Crippen molar-refractivity contribution in [2.75, 3.05) is 25.5 Å². The van der Waals surface area contributed by atoms with Gasteiger partial charge >= 0.3 is 6.03 Å². The number of nitrogens with zero attached hydrogens (tertiary/aromatic N) is 1. The first-order valence-corrected chi connectivity index (χ1v) is 9.48. The van der Waals surface area contributed by atoms with Crippen molar-refractivity contribution in [1.82, 2.24) is 9.88 Å². The van der Waals surface area contributed by atoms with Crippen LogP contribution >= 0.6 is 0 Å². The van der Waals surface area contributed by atoms with Crippen molar-refractivity contribution in [2.24, 2.45) is 11.5 Å². The Morgan fingerprint density at radius 1 is 1.07 bits per heavy atom. The van der Waals surface area contributed by atoms with Gasteiger partial charge in [-0.2, -0.15) is 0 Å². The number of nitrogens with two attached hydrogens (primary N) is 2. The fourth-order valence-electron chi connectivity index (χ4n) is 3.12. The van der Waals surface area contributed by atoms with Crippen molar-refractivity contribution in [3.63, 3.8) is 0 Å². The van der Waals surface area contributed by atoms with Crippen LogP contribution in [0.15, 0.2) is 60.7 Å². The fourth-order valence-corrected chi connectivity index (χ4v) is 3.12. The van der Waals surface area contributed by atoms with Gasteiger partial charge in [0.05, 0.1) is 11.3 Å². The van der Waals surface area contributed by atoms with Crippen molar-refractivity contribution in [2.45, 2.75) is 6.54 Å². The van der Waals surface area contributed by atoms with E-state index in [9.17, 15) is 9.59 Å². The molecule has 0 aliphatic rings. The number of primary amides is 2. The normalized spacial score (nSPS) is 10.7. The fraction of sp³-hybridized carbons (Fsp3) is 0.182. The molecule has 0 unspecified atom stereocenters. The Hall–Kier alpha value is -3.78. The molecule has 156 valence electrons. The number of amides is 3. The monoisotopic (exact) mass is 407 g/mol. The van der Waals surface area contributed by atoms with Crippen LogP contribution < -0.4 is 21.5 Å². The van der Waals surface area contributed by atoms with Crippen LogP contribution in [0.2, 0.25) is 0 Å². The molecule has 1 aromatic heterocycles. The number of rotatable bonds is 9. The van der Waals surface area contributed by atoms with E-state index in [1.54, 1.807) is 6.07 Å². The second-order valence-electron chi connectivity index (χ2n) is 6.89. The zero-order valence-electron chi connectivity index (χ0n) is 16.7. The van der Waals surface area contributed by atoms with Crippen LogP contribution in [0.1, 0.15) is 15.9 Å². The molecule has 8 heteroatoms. The first-order valence-electron chi connectivity index (χ1n) is 9.48. The zero-order chi connectivity index (χ0) is 21.5. The van der Waals surface area contributed by atoms with E-state index in [0.29, 0.717) is 18.1 Å². The van der Waals surface area contributed by atoms with E-state index in [4.69, 9.17) is 16.2 Å². The lowest BCUT2D eigenvalue weighted by molar-refractivity contribution is 0.100. The summed E-state index contributed by atoms with van der Waals surface area (Å²) in [4.78, 5) is 28.1. The molecule has 3 amide bonds. The quantitative estimate of drug-likeness (QED) is 0.435. The molecule has 1 heterocycles. The molecule has 2 aromatic carbocycles. The predicted molar refractivity (Wildman–Crippen MR) is 116 cm³/mol. The molecule has 0 aliphatic carbocycles. The van der Waals surface area contributed by atoms with Crippen molar-refractivity contribution >= 4 is 17.8 Å². The molecule has 3 aromatic rings. The second-order valence-corrected chi connectivity index (χ2v) is 6.89. The standard InChI is InChI=1S/C22H25N5O3/c1-27(14-15-7-3-2-4-8-15)11-12-30-19-10-6-5-9-16(19)18-13-17(20(23)28)21(25-18)26-22(24)29/h2-10,13,25H,11-12,14H2,1H3,(H2,23,28)(H3,24,26,29). The number of likely N-dealkylation sites (N-methyl/N-ethyl adjacent to an activating group) is 1. The summed E-state index contributed by atoms with van der Waals surface area (Å²) in [6, 6.07) is 18.4. The topological polar surface area (TPSA) is 126 Å². The number of carbonyl (C=O) groups excluding carboxylic acids is 2. The lowest BCUT2D eigenvalue weighted by Gasteiger charge is -2.18. The van der Waals surface area contributed by atoms with Gasteiger partial charge in [-0.1, -0.05) is 42.5 Å². The number of aromatic amines is 1. The van der Waals surface area contributed by atoms with Crippen LogP contribution in [0.4, 0.5) is 10.6 Å². The van der Waals surface area contributed by atoms with E-state index in [1.165, 1.54) is 5.56 Å². The number of H-pyrrole nitrogens is 1. The van der Waals surface area contributed by atoms with E-state index < -0.39 is 11.9 Å². The third-order valence-corrected chi connectivity index (χ3v) is 4.53. The molecule has 0 bridgehead atoms. The van der Waals surface area contributed by atoms with E-state index in [2.05, 4.69) is 27.3 Å². The third-order valence-electron chi connectivity index (χ3n) is 4.53. The van der Waals surface area contributed by atoms with Crippen LogP contribution in [-0.4, -0.2) is 42.0 Å². The van der Waals surface area contributed by atoms with Crippen LogP contribution in [0.3, 0.4) is 0 Å². The van der Waals surface area contributed by atoms with Crippen molar-refractivity contribution in [3.8, 4) is 17.0 Å². The number of nitrogens with one attached hydrogen (secondary N) is 2. The summed E-state index contributed by atoms with van der Waals surface area (Å²) in [6.45, 7) is 2.04. The zero-order valence-corrected chi connectivity index (χ0v) is 16.7. The van der Waals surface area contributed by atoms with Crippen molar-refractivity contribution in [3.05, 3.63) is 71.8 Å². The highest BCUT2D eigenvalue weighted by Crippen LogP contribution is 2.32. The average Bonchev–Trinajstić information content (AvgIpc) is 3.12. The van der Waals surface area contributed by atoms with Crippen LogP contribution in [0, 0.1) is 0 Å². The highest BCUT2D eigenvalue weighted by molar-refractivity contribution is 6.03. The van der Waals surface area contributed by atoms with Gasteiger partial charge in [-0.15, -0.1) is 0 Å². The highest BCUT2D eigenvalue weighted by Gasteiger charge is 2.17. The second kappa shape index (κ2) is 9.62. The summed E-state index contributed by atoms with van der Waals surface area (Å²) < 4.78 is 6.00. The maximum atomic E-state index is 11.7. The van der Waals surface area contributed by atoms with E-state index in [1.807, 2.05) is 49.5 Å². The van der Waals surface area contributed by atoms with E-state index >= 15 is 0 Å². The predicted octanol–water partition coefficient (Wildman–Crippen LogP) is 2.78. The number of hydrogen-bond donors (Lipinski definition) is 4. The van der Waals surface area contributed by atoms with Gasteiger partial charge in [0.1, 0.15) is 18.2 Å². The summed E-state index contributed by atoms with van der Waals surface area (Å²) >= 11 is 0. The Kier molecular flexibility index (Phi) is 6.71. The number of ether oxygens (including phenoxy) is 1. The summed E-state index contributed by atoms with van der Waals surface area (Å²) in [6.07, 6.45) is 0. The number of aromatic nitrogens is 1. The lowest BCUT2D eigenvalue weighted by Crippen LogP contribution is -2.23. The lowest BCUT2D eigenvalue weighted by atomic mass is 10.1. The van der Waals surface area contributed by atoms with Gasteiger partial charge in [-0.3, -0.25) is 15.0 Å². The summed E-state index contributed by atoms with van der Waals surface area (Å²) in [7, 11) is 2.04.